The van der Waals surface area contributed by atoms with Crippen molar-refractivity contribution in [2.75, 3.05) is 25.3 Å². The maximum atomic E-state index is 13.5. The molecule has 9 heteroatoms. The lowest BCUT2D eigenvalue weighted by Gasteiger charge is -2.28. The molecule has 3 aromatic rings. The Morgan fingerprint density at radius 2 is 1.84 bits per heavy atom. The Hall–Kier alpha value is -4.42. The van der Waals surface area contributed by atoms with Gasteiger partial charge in [-0.1, -0.05) is 23.9 Å². The van der Waals surface area contributed by atoms with Crippen LogP contribution in [0.1, 0.15) is 29.0 Å². The maximum absolute atomic E-state index is 13.5. The molecule has 1 unspecified atom stereocenters. The summed E-state index contributed by atoms with van der Waals surface area (Å²) in [6, 6.07) is 19.6. The van der Waals surface area contributed by atoms with Crippen molar-refractivity contribution in [2.45, 2.75) is 12.8 Å². The van der Waals surface area contributed by atoms with Crippen LogP contribution in [0.3, 0.4) is 0 Å². The molecule has 0 spiro atoms. The molecule has 1 amide bonds. The number of ether oxygens (including phenoxy) is 2. The Morgan fingerprint density at radius 3 is 2.49 bits per heavy atom. The molecular formula is C28H25N3O5S. The van der Waals surface area contributed by atoms with Gasteiger partial charge in [0.15, 0.2) is 5.78 Å². The van der Waals surface area contributed by atoms with Crippen LogP contribution in [0, 0.1) is 11.3 Å². The molecule has 2 aromatic carbocycles. The quantitative estimate of drug-likeness (QED) is 0.372. The second kappa shape index (κ2) is 11.5. The smallest absolute Gasteiger partial charge is 0.254 e. The molecular weight excluding hydrogens is 490 g/mol. The summed E-state index contributed by atoms with van der Waals surface area (Å²) >= 11 is 1.21. The molecule has 0 radical (unpaired) electrons. The van der Waals surface area contributed by atoms with Crippen molar-refractivity contribution in [1.29, 1.82) is 5.26 Å². The van der Waals surface area contributed by atoms with Crippen molar-refractivity contribution in [2.24, 2.45) is 0 Å². The predicted octanol–water partition coefficient (Wildman–Crippen LogP) is 5.25. The van der Waals surface area contributed by atoms with Crippen molar-refractivity contribution in [3.05, 3.63) is 100 Å². The number of amides is 1. The number of furan rings is 1. The number of nitriles is 1. The molecule has 0 saturated carbocycles. The number of para-hydroxylation sites is 2. The Bertz CT molecular complexity index is 1400. The molecule has 1 aliphatic rings. The summed E-state index contributed by atoms with van der Waals surface area (Å²) in [6.07, 6.45) is 1.50. The largest absolute Gasteiger partial charge is 0.497 e. The van der Waals surface area contributed by atoms with E-state index in [9.17, 15) is 14.9 Å². The average molecular weight is 516 g/mol. The van der Waals surface area contributed by atoms with Crippen molar-refractivity contribution in [1.82, 2.24) is 5.32 Å². The number of nitrogens with one attached hydrogen (secondary N) is 2. The minimum absolute atomic E-state index is 0.0980. The summed E-state index contributed by atoms with van der Waals surface area (Å²) in [5, 5.41) is 16.7. The van der Waals surface area contributed by atoms with Crippen LogP contribution in [-0.4, -0.2) is 31.7 Å². The van der Waals surface area contributed by atoms with E-state index >= 15 is 0 Å². The summed E-state index contributed by atoms with van der Waals surface area (Å²) < 4.78 is 16.2. The van der Waals surface area contributed by atoms with Crippen LogP contribution in [0.2, 0.25) is 0 Å². The first-order valence-corrected chi connectivity index (χ1v) is 12.3. The molecule has 1 aliphatic heterocycles. The van der Waals surface area contributed by atoms with E-state index in [4.69, 9.17) is 13.9 Å². The molecule has 2 heterocycles. The number of hydrogen-bond donors (Lipinski definition) is 2. The van der Waals surface area contributed by atoms with E-state index in [0.29, 0.717) is 50.4 Å². The third-order valence-corrected chi connectivity index (χ3v) is 6.85. The Morgan fingerprint density at radius 1 is 1.08 bits per heavy atom. The molecule has 0 aliphatic carbocycles. The third kappa shape index (κ3) is 5.55. The molecule has 188 valence electrons. The van der Waals surface area contributed by atoms with E-state index in [0.717, 1.165) is 0 Å². The fraction of sp³-hybridized carbons (Fsp3) is 0.179. The summed E-state index contributed by atoms with van der Waals surface area (Å²) in [4.78, 5) is 26.3. The Balaban J connectivity index is 1.62. The van der Waals surface area contributed by atoms with Gasteiger partial charge in [-0.3, -0.25) is 9.59 Å². The number of Topliss-reactive ketones (excluding diaryl/α,β-unsaturated/α-hetero) is 1. The van der Waals surface area contributed by atoms with Gasteiger partial charge >= 0.3 is 0 Å². The normalized spacial score (nSPS) is 15.0. The van der Waals surface area contributed by atoms with Gasteiger partial charge in [-0.15, -0.1) is 0 Å². The fourth-order valence-electron chi connectivity index (χ4n) is 4.00. The van der Waals surface area contributed by atoms with Gasteiger partial charge in [-0.25, -0.2) is 0 Å². The molecule has 2 N–H and O–H groups in total. The summed E-state index contributed by atoms with van der Waals surface area (Å²) in [6.45, 7) is 1.76. The average Bonchev–Trinajstić information content (AvgIpc) is 3.46. The topological polar surface area (TPSA) is 114 Å². The zero-order chi connectivity index (χ0) is 26.4. The number of anilines is 1. The van der Waals surface area contributed by atoms with Crippen molar-refractivity contribution >= 4 is 29.1 Å². The number of thioether (sulfide) groups is 1. The Labute approximate surface area is 218 Å². The zero-order valence-corrected chi connectivity index (χ0v) is 21.3. The minimum atomic E-state index is -0.755. The number of carbonyl (C=O) groups excluding carboxylic acids is 2. The minimum Gasteiger partial charge on any atom is -0.497 e. The van der Waals surface area contributed by atoms with Gasteiger partial charge in [0.25, 0.3) is 5.91 Å². The van der Waals surface area contributed by atoms with Gasteiger partial charge < -0.3 is 24.5 Å². The number of hydrogen-bond acceptors (Lipinski definition) is 8. The summed E-state index contributed by atoms with van der Waals surface area (Å²) in [5.74, 6) is 0.458. The van der Waals surface area contributed by atoms with Gasteiger partial charge in [-0.05, 0) is 55.5 Å². The summed E-state index contributed by atoms with van der Waals surface area (Å²) in [7, 11) is 3.09. The molecule has 0 bridgehead atoms. The molecule has 0 fully saturated rings. The van der Waals surface area contributed by atoms with Crippen molar-refractivity contribution in [3.8, 4) is 17.6 Å². The number of allylic oxidation sites excluding steroid dienone is 2. The zero-order valence-electron chi connectivity index (χ0n) is 20.5. The number of methoxy groups -OCH3 is 2. The van der Waals surface area contributed by atoms with E-state index in [1.54, 1.807) is 74.7 Å². The van der Waals surface area contributed by atoms with Crippen LogP contribution in [-0.2, 0) is 4.79 Å². The molecule has 4 rings (SSSR count). The first-order chi connectivity index (χ1) is 18.0. The van der Waals surface area contributed by atoms with Crippen LogP contribution in [0.4, 0.5) is 5.69 Å². The Kier molecular flexibility index (Phi) is 8.01. The van der Waals surface area contributed by atoms with Crippen LogP contribution in [0.5, 0.6) is 11.5 Å². The second-order valence-corrected chi connectivity index (χ2v) is 9.05. The second-order valence-electron chi connectivity index (χ2n) is 8.06. The predicted molar refractivity (Wildman–Crippen MR) is 141 cm³/mol. The van der Waals surface area contributed by atoms with Crippen LogP contribution in [0.25, 0.3) is 0 Å². The highest BCUT2D eigenvalue weighted by molar-refractivity contribution is 8.03. The van der Waals surface area contributed by atoms with E-state index in [1.165, 1.54) is 25.1 Å². The number of rotatable bonds is 9. The lowest BCUT2D eigenvalue weighted by molar-refractivity contribution is -0.113. The lowest BCUT2D eigenvalue weighted by atomic mass is 9.85. The lowest BCUT2D eigenvalue weighted by Crippen LogP contribution is -2.30. The molecule has 0 saturated heterocycles. The molecule has 1 atom stereocenters. The highest BCUT2D eigenvalue weighted by Gasteiger charge is 2.36. The van der Waals surface area contributed by atoms with Crippen molar-refractivity contribution < 1.29 is 23.5 Å². The highest BCUT2D eigenvalue weighted by Crippen LogP contribution is 2.41. The monoisotopic (exact) mass is 515 g/mol. The van der Waals surface area contributed by atoms with Crippen molar-refractivity contribution in [3.63, 3.8) is 0 Å². The summed E-state index contributed by atoms with van der Waals surface area (Å²) in [5.41, 5.74) is 2.21. The van der Waals surface area contributed by atoms with Gasteiger partial charge in [-0.2, -0.15) is 5.26 Å². The van der Waals surface area contributed by atoms with Crippen LogP contribution >= 0.6 is 11.8 Å². The highest BCUT2D eigenvalue weighted by atomic mass is 32.2. The first kappa shape index (κ1) is 25.7. The number of ketones is 1. The van der Waals surface area contributed by atoms with E-state index in [2.05, 4.69) is 16.7 Å². The number of nitrogens with zero attached hydrogens (tertiary/aromatic N) is 1. The van der Waals surface area contributed by atoms with Gasteiger partial charge in [0.1, 0.15) is 17.3 Å². The number of carbonyl (C=O) groups is 2. The van der Waals surface area contributed by atoms with E-state index in [1.807, 2.05) is 0 Å². The van der Waals surface area contributed by atoms with Crippen LogP contribution < -0.4 is 20.1 Å². The van der Waals surface area contributed by atoms with E-state index < -0.39 is 11.8 Å². The van der Waals surface area contributed by atoms with Gasteiger partial charge in [0.05, 0.1) is 60.1 Å². The maximum Gasteiger partial charge on any atom is 0.254 e. The van der Waals surface area contributed by atoms with Crippen LogP contribution in [0.15, 0.2) is 93.2 Å². The van der Waals surface area contributed by atoms with Gasteiger partial charge in [0.2, 0.25) is 0 Å². The van der Waals surface area contributed by atoms with Gasteiger partial charge in [0, 0.05) is 11.3 Å². The molecule has 1 aromatic heterocycles. The SMILES string of the molecule is COc1ccc(C(=O)CSC2=C(C#N)C(c3ccco3)C(C(=O)Nc3ccccc3OC)=C(C)N2)cc1. The molecule has 37 heavy (non-hydrogen) atoms. The molecule has 8 nitrogen and oxygen atoms in total. The van der Waals surface area contributed by atoms with E-state index in [-0.39, 0.29) is 11.5 Å². The standard InChI is InChI=1S/C28H25N3O5S/c1-17-25(27(33)31-21-7-4-5-8-23(21)35-3)26(24-9-6-14-36-24)20(15-29)28(30-17)37-16-22(32)18-10-12-19(34-2)13-11-18/h4-14,26,30H,16H2,1-3H3,(H,31,33). The number of dihydropyridines is 1. The fourth-order valence-corrected chi connectivity index (χ4v) is 4.99. The number of benzene rings is 2. The third-order valence-electron chi connectivity index (χ3n) is 5.83. The first-order valence-electron chi connectivity index (χ1n) is 11.4.